The highest BCUT2D eigenvalue weighted by Crippen LogP contribution is 2.34. The fraction of sp³-hybridized carbons (Fsp3) is 0.429. The lowest BCUT2D eigenvalue weighted by molar-refractivity contribution is -0.0290. The van der Waals surface area contributed by atoms with Crippen LogP contribution in [0.5, 0.6) is 0 Å². The summed E-state index contributed by atoms with van der Waals surface area (Å²) in [5.74, 6) is 0.0961. The number of hydrogen-bond acceptors (Lipinski definition) is 2. The van der Waals surface area contributed by atoms with E-state index in [0.717, 1.165) is 30.8 Å². The zero-order valence-corrected chi connectivity index (χ0v) is 15.6. The van der Waals surface area contributed by atoms with Crippen LogP contribution in [0.3, 0.4) is 0 Å². The molecule has 0 radical (unpaired) electrons. The van der Waals surface area contributed by atoms with Crippen molar-refractivity contribution >= 4 is 11.6 Å². The maximum absolute atomic E-state index is 11.7. The van der Waals surface area contributed by atoms with Crippen LogP contribution in [0.1, 0.15) is 31.9 Å². The van der Waals surface area contributed by atoms with E-state index in [-0.39, 0.29) is 5.92 Å². The first-order valence-electron chi connectivity index (χ1n) is 8.74. The van der Waals surface area contributed by atoms with Crippen molar-refractivity contribution in [3.8, 4) is 0 Å². The van der Waals surface area contributed by atoms with Gasteiger partial charge in [0.15, 0.2) is 0 Å². The maximum atomic E-state index is 11.7. The Hall–Kier alpha value is -1.35. The SMILES string of the molecule is CCN(CC)C[C@@H](C)[C@](O)(Cc1ccccc1)c1ccc(Cl)cc1. The predicted molar refractivity (Wildman–Crippen MR) is 102 cm³/mol. The molecule has 1 N–H and O–H groups in total. The Morgan fingerprint density at radius 3 is 2.12 bits per heavy atom. The molecule has 0 aromatic heterocycles. The monoisotopic (exact) mass is 345 g/mol. The summed E-state index contributed by atoms with van der Waals surface area (Å²) in [6, 6.07) is 17.8. The molecular weight excluding hydrogens is 318 g/mol. The molecule has 130 valence electrons. The van der Waals surface area contributed by atoms with Gasteiger partial charge in [0.1, 0.15) is 0 Å². The van der Waals surface area contributed by atoms with E-state index >= 15 is 0 Å². The van der Waals surface area contributed by atoms with Gasteiger partial charge in [-0.1, -0.05) is 74.8 Å². The third-order valence-corrected chi connectivity index (χ3v) is 5.15. The summed E-state index contributed by atoms with van der Waals surface area (Å²) in [7, 11) is 0. The minimum atomic E-state index is -0.922. The second-order valence-corrected chi connectivity index (χ2v) is 6.92. The number of aliphatic hydroxyl groups is 1. The van der Waals surface area contributed by atoms with Crippen LogP contribution in [-0.4, -0.2) is 29.6 Å². The van der Waals surface area contributed by atoms with Gasteiger partial charge in [-0.15, -0.1) is 0 Å². The van der Waals surface area contributed by atoms with Crippen molar-refractivity contribution < 1.29 is 5.11 Å². The average Bonchev–Trinajstić information content (AvgIpc) is 2.60. The zero-order chi connectivity index (χ0) is 17.6. The molecule has 2 nitrogen and oxygen atoms in total. The van der Waals surface area contributed by atoms with Crippen molar-refractivity contribution in [2.75, 3.05) is 19.6 Å². The second-order valence-electron chi connectivity index (χ2n) is 6.48. The molecule has 2 atom stereocenters. The van der Waals surface area contributed by atoms with Gasteiger partial charge in [0, 0.05) is 23.9 Å². The molecule has 0 fully saturated rings. The normalized spacial score (nSPS) is 15.2. The fourth-order valence-corrected chi connectivity index (χ4v) is 3.35. The standard InChI is InChI=1S/C21H28ClNO/c1-4-23(5-2)16-17(3)21(24,15-18-9-7-6-8-10-18)19-11-13-20(22)14-12-19/h6-14,17,24H,4-5,15-16H2,1-3H3/t17-,21-/m1/s1. The molecule has 0 unspecified atom stereocenters. The summed E-state index contributed by atoms with van der Waals surface area (Å²) in [6.45, 7) is 9.30. The lowest BCUT2D eigenvalue weighted by Gasteiger charge is -2.37. The van der Waals surface area contributed by atoms with Gasteiger partial charge in [-0.2, -0.15) is 0 Å². The number of halogens is 1. The van der Waals surface area contributed by atoms with E-state index in [4.69, 9.17) is 11.6 Å². The average molecular weight is 346 g/mol. The quantitative estimate of drug-likeness (QED) is 0.746. The molecule has 2 rings (SSSR count). The van der Waals surface area contributed by atoms with Gasteiger partial charge in [-0.05, 0) is 36.3 Å². The Morgan fingerprint density at radius 1 is 1.00 bits per heavy atom. The highest BCUT2D eigenvalue weighted by Gasteiger charge is 2.36. The highest BCUT2D eigenvalue weighted by atomic mass is 35.5. The number of benzene rings is 2. The van der Waals surface area contributed by atoms with E-state index in [9.17, 15) is 5.11 Å². The smallest absolute Gasteiger partial charge is 0.0974 e. The summed E-state index contributed by atoms with van der Waals surface area (Å²) >= 11 is 6.04. The molecule has 0 aliphatic heterocycles. The molecule has 2 aromatic rings. The molecule has 0 aliphatic carbocycles. The molecule has 2 aromatic carbocycles. The van der Waals surface area contributed by atoms with Gasteiger partial charge in [-0.25, -0.2) is 0 Å². The van der Waals surface area contributed by atoms with Gasteiger partial charge in [0.25, 0.3) is 0 Å². The van der Waals surface area contributed by atoms with Crippen LogP contribution in [0, 0.1) is 5.92 Å². The molecule has 0 heterocycles. The second kappa shape index (κ2) is 8.66. The first-order chi connectivity index (χ1) is 11.5. The number of nitrogens with zero attached hydrogens (tertiary/aromatic N) is 1. The Bertz CT molecular complexity index is 609. The molecule has 0 aliphatic rings. The van der Waals surface area contributed by atoms with Gasteiger partial charge >= 0.3 is 0 Å². The Balaban J connectivity index is 2.34. The summed E-state index contributed by atoms with van der Waals surface area (Å²) < 4.78 is 0. The van der Waals surface area contributed by atoms with Crippen molar-refractivity contribution in [2.24, 2.45) is 5.92 Å². The summed E-state index contributed by atoms with van der Waals surface area (Å²) in [4.78, 5) is 2.36. The molecule has 0 spiro atoms. The van der Waals surface area contributed by atoms with E-state index < -0.39 is 5.60 Å². The molecule has 0 bridgehead atoms. The lowest BCUT2D eigenvalue weighted by Crippen LogP contribution is -2.42. The first kappa shape index (κ1) is 19.0. The van der Waals surface area contributed by atoms with Gasteiger partial charge in [0.2, 0.25) is 0 Å². The number of hydrogen-bond donors (Lipinski definition) is 1. The van der Waals surface area contributed by atoms with Crippen LogP contribution in [0.2, 0.25) is 5.02 Å². The number of rotatable bonds is 8. The summed E-state index contributed by atoms with van der Waals surface area (Å²) in [6.07, 6.45) is 0.595. The first-order valence-corrected chi connectivity index (χ1v) is 9.12. The fourth-order valence-electron chi connectivity index (χ4n) is 3.23. The van der Waals surface area contributed by atoms with Crippen LogP contribution in [-0.2, 0) is 12.0 Å². The minimum absolute atomic E-state index is 0.0961. The largest absolute Gasteiger partial charge is 0.384 e. The van der Waals surface area contributed by atoms with Crippen molar-refractivity contribution in [3.05, 3.63) is 70.7 Å². The van der Waals surface area contributed by atoms with Crippen LogP contribution >= 0.6 is 11.6 Å². The highest BCUT2D eigenvalue weighted by molar-refractivity contribution is 6.30. The van der Waals surface area contributed by atoms with Crippen molar-refractivity contribution in [1.82, 2.24) is 4.90 Å². The van der Waals surface area contributed by atoms with Crippen molar-refractivity contribution in [1.29, 1.82) is 0 Å². The summed E-state index contributed by atoms with van der Waals surface area (Å²) in [5, 5.41) is 12.4. The van der Waals surface area contributed by atoms with E-state index in [1.165, 1.54) is 0 Å². The molecule has 0 saturated carbocycles. The molecule has 0 saturated heterocycles. The van der Waals surface area contributed by atoms with E-state index in [0.29, 0.717) is 11.4 Å². The van der Waals surface area contributed by atoms with E-state index in [1.807, 2.05) is 42.5 Å². The molecule has 0 amide bonds. The van der Waals surface area contributed by atoms with E-state index in [2.05, 4.69) is 37.8 Å². The van der Waals surface area contributed by atoms with Gasteiger partial charge in [-0.3, -0.25) is 0 Å². The Labute approximate surface area is 151 Å². The van der Waals surface area contributed by atoms with Crippen LogP contribution in [0.4, 0.5) is 0 Å². The van der Waals surface area contributed by atoms with Gasteiger partial charge in [0.05, 0.1) is 5.60 Å². The maximum Gasteiger partial charge on any atom is 0.0974 e. The zero-order valence-electron chi connectivity index (χ0n) is 14.9. The van der Waals surface area contributed by atoms with Crippen molar-refractivity contribution in [3.63, 3.8) is 0 Å². The van der Waals surface area contributed by atoms with Crippen LogP contribution in [0.15, 0.2) is 54.6 Å². The Kier molecular flexibility index (Phi) is 6.85. The molecule has 3 heteroatoms. The topological polar surface area (TPSA) is 23.5 Å². The molecule has 24 heavy (non-hydrogen) atoms. The van der Waals surface area contributed by atoms with E-state index in [1.54, 1.807) is 0 Å². The van der Waals surface area contributed by atoms with Crippen LogP contribution in [0.25, 0.3) is 0 Å². The predicted octanol–water partition coefficient (Wildman–Crippen LogP) is 4.75. The minimum Gasteiger partial charge on any atom is -0.384 e. The Morgan fingerprint density at radius 2 is 1.58 bits per heavy atom. The van der Waals surface area contributed by atoms with Crippen LogP contribution < -0.4 is 0 Å². The third kappa shape index (κ3) is 4.60. The van der Waals surface area contributed by atoms with Gasteiger partial charge < -0.3 is 10.0 Å². The third-order valence-electron chi connectivity index (χ3n) is 4.90. The van der Waals surface area contributed by atoms with Crippen molar-refractivity contribution in [2.45, 2.75) is 32.8 Å². The molecular formula is C21H28ClNO. The lowest BCUT2D eigenvalue weighted by atomic mass is 9.77. The summed E-state index contributed by atoms with van der Waals surface area (Å²) in [5.41, 5.74) is 1.14.